The van der Waals surface area contributed by atoms with E-state index in [4.69, 9.17) is 0 Å². The molecule has 0 radical (unpaired) electrons. The lowest BCUT2D eigenvalue weighted by Crippen LogP contribution is -2.38. The second-order valence-corrected chi connectivity index (χ2v) is 15.3. The zero-order valence-electron chi connectivity index (χ0n) is 31.9. The molecule has 0 unspecified atom stereocenters. The number of aromatic hydroxyl groups is 2. The standard InChI is InChI=1S/C45H62N2O2/c1-30(2)46(31(3)4)23-21-40(36-17-13-11-14-18-36)42-27-34(9)25-38(44(42)48)29-39-26-35(10)28-43(45(39)49)41(37-19-15-12-16-20-37)22-24-47(32(5)6)33(7)8/h11-20,25-28,30-33,40-41,48-49H,21-24,29H2,1-10H3/t40-,41+. The van der Waals surface area contributed by atoms with E-state index in [-0.39, 0.29) is 11.8 Å². The van der Waals surface area contributed by atoms with Crippen LogP contribution in [0.3, 0.4) is 0 Å². The van der Waals surface area contributed by atoms with Gasteiger partial charge >= 0.3 is 0 Å². The first-order chi connectivity index (χ1) is 23.3. The fourth-order valence-electron chi connectivity index (χ4n) is 7.93. The van der Waals surface area contributed by atoms with E-state index < -0.39 is 0 Å². The monoisotopic (exact) mass is 662 g/mol. The van der Waals surface area contributed by atoms with Crippen molar-refractivity contribution in [2.24, 2.45) is 0 Å². The molecule has 0 fully saturated rings. The molecule has 264 valence electrons. The summed E-state index contributed by atoms with van der Waals surface area (Å²) in [5, 5.41) is 24.1. The largest absolute Gasteiger partial charge is 0.507 e. The molecule has 0 amide bonds. The molecule has 49 heavy (non-hydrogen) atoms. The maximum Gasteiger partial charge on any atom is 0.122 e. The van der Waals surface area contributed by atoms with Crippen LogP contribution in [0.25, 0.3) is 0 Å². The Hall–Kier alpha value is -3.60. The number of phenols is 2. The summed E-state index contributed by atoms with van der Waals surface area (Å²) in [5.74, 6) is 0.779. The van der Waals surface area contributed by atoms with E-state index in [0.717, 1.165) is 59.3 Å². The van der Waals surface area contributed by atoms with E-state index in [1.807, 2.05) is 0 Å². The molecule has 0 aromatic heterocycles. The van der Waals surface area contributed by atoms with Gasteiger partial charge in [-0.3, -0.25) is 9.80 Å². The smallest absolute Gasteiger partial charge is 0.122 e. The van der Waals surface area contributed by atoms with Crippen LogP contribution in [0.5, 0.6) is 11.5 Å². The third kappa shape index (κ3) is 9.77. The predicted octanol–water partition coefficient (Wildman–Crippen LogP) is 10.6. The number of aryl methyl sites for hydroxylation is 2. The number of hydrogen-bond donors (Lipinski definition) is 2. The molecule has 4 heteroatoms. The summed E-state index contributed by atoms with van der Waals surface area (Å²) in [4.78, 5) is 5.06. The Bertz CT molecular complexity index is 1470. The second kappa shape index (κ2) is 17.4. The zero-order chi connectivity index (χ0) is 35.8. The van der Waals surface area contributed by atoms with Crippen molar-refractivity contribution in [3.05, 3.63) is 129 Å². The lowest BCUT2D eigenvalue weighted by Gasteiger charge is -2.32. The van der Waals surface area contributed by atoms with Gasteiger partial charge in [-0.05, 0) is 117 Å². The van der Waals surface area contributed by atoms with Crippen molar-refractivity contribution < 1.29 is 10.2 Å². The van der Waals surface area contributed by atoms with Gasteiger partial charge in [0.25, 0.3) is 0 Å². The number of hydrogen-bond acceptors (Lipinski definition) is 4. The second-order valence-electron chi connectivity index (χ2n) is 15.3. The van der Waals surface area contributed by atoms with Gasteiger partial charge in [0.05, 0.1) is 0 Å². The third-order valence-electron chi connectivity index (χ3n) is 10.3. The average molecular weight is 663 g/mol. The van der Waals surface area contributed by atoms with Gasteiger partial charge < -0.3 is 10.2 Å². The molecule has 4 aromatic rings. The number of benzene rings is 4. The van der Waals surface area contributed by atoms with E-state index in [1.54, 1.807) is 0 Å². The zero-order valence-corrected chi connectivity index (χ0v) is 31.9. The van der Waals surface area contributed by atoms with Gasteiger partial charge in [0.2, 0.25) is 0 Å². The topological polar surface area (TPSA) is 46.9 Å². The molecule has 0 bridgehead atoms. The van der Waals surface area contributed by atoms with Gasteiger partial charge in [-0.2, -0.15) is 0 Å². The first-order valence-corrected chi connectivity index (χ1v) is 18.5. The maximum atomic E-state index is 12.1. The summed E-state index contributed by atoms with van der Waals surface area (Å²) in [5.41, 5.74) is 8.30. The van der Waals surface area contributed by atoms with Crippen molar-refractivity contribution >= 4 is 0 Å². The predicted molar refractivity (Wildman–Crippen MR) is 208 cm³/mol. The van der Waals surface area contributed by atoms with Crippen LogP contribution in [-0.2, 0) is 6.42 Å². The summed E-state index contributed by atoms with van der Waals surface area (Å²) in [6.07, 6.45) is 2.26. The minimum atomic E-state index is 0.0499. The van der Waals surface area contributed by atoms with E-state index >= 15 is 0 Å². The fraction of sp³-hybridized carbons (Fsp3) is 0.467. The van der Waals surface area contributed by atoms with E-state index in [9.17, 15) is 10.2 Å². The Morgan fingerprint density at radius 1 is 0.490 bits per heavy atom. The van der Waals surface area contributed by atoms with E-state index in [0.29, 0.717) is 42.1 Å². The van der Waals surface area contributed by atoms with Crippen LogP contribution >= 0.6 is 0 Å². The van der Waals surface area contributed by atoms with Crippen molar-refractivity contribution in [3.63, 3.8) is 0 Å². The molecule has 0 saturated heterocycles. The van der Waals surface area contributed by atoms with Gasteiger partial charge in [0, 0.05) is 53.6 Å². The average Bonchev–Trinajstić information content (AvgIpc) is 3.05. The third-order valence-corrected chi connectivity index (χ3v) is 10.3. The minimum absolute atomic E-state index is 0.0499. The molecule has 0 aliphatic rings. The van der Waals surface area contributed by atoms with Crippen molar-refractivity contribution in [3.8, 4) is 11.5 Å². The van der Waals surface area contributed by atoms with Gasteiger partial charge in [0.15, 0.2) is 0 Å². The Kier molecular flexibility index (Phi) is 13.5. The SMILES string of the molecule is Cc1cc(Cc2cc(C)cc([C@@H](CCN(C(C)C)C(C)C)c3ccccc3)c2O)c(O)c([C@H](CCN(C(C)C)C(C)C)c2ccccc2)c1. The molecule has 2 N–H and O–H groups in total. The van der Waals surface area contributed by atoms with Crippen molar-refractivity contribution in [2.45, 2.75) is 125 Å². The van der Waals surface area contributed by atoms with E-state index in [1.165, 1.54) is 11.1 Å². The maximum absolute atomic E-state index is 12.1. The van der Waals surface area contributed by atoms with Crippen LogP contribution < -0.4 is 0 Å². The highest BCUT2D eigenvalue weighted by atomic mass is 16.3. The Morgan fingerprint density at radius 3 is 1.12 bits per heavy atom. The Labute approximate surface area is 297 Å². The van der Waals surface area contributed by atoms with Crippen LogP contribution in [0.2, 0.25) is 0 Å². The van der Waals surface area contributed by atoms with Crippen molar-refractivity contribution in [2.75, 3.05) is 13.1 Å². The molecule has 4 aromatic carbocycles. The number of nitrogens with zero attached hydrogens (tertiary/aromatic N) is 2. The first kappa shape index (κ1) is 38.2. The highest BCUT2D eigenvalue weighted by Gasteiger charge is 2.26. The lowest BCUT2D eigenvalue weighted by atomic mass is 9.83. The summed E-state index contributed by atoms with van der Waals surface area (Å²) in [6.45, 7) is 24.2. The molecule has 2 atom stereocenters. The Balaban J connectivity index is 1.75. The minimum Gasteiger partial charge on any atom is -0.507 e. The molecule has 0 aliphatic heterocycles. The molecular weight excluding hydrogens is 601 g/mol. The molecular formula is C45H62N2O2. The van der Waals surface area contributed by atoms with Crippen molar-refractivity contribution in [1.82, 2.24) is 9.80 Å². The van der Waals surface area contributed by atoms with Crippen LogP contribution in [0.1, 0.15) is 125 Å². The van der Waals surface area contributed by atoms with Crippen LogP contribution in [-0.4, -0.2) is 57.3 Å². The fourth-order valence-corrected chi connectivity index (χ4v) is 7.93. The summed E-state index contributed by atoms with van der Waals surface area (Å²) < 4.78 is 0. The quantitative estimate of drug-likeness (QED) is 0.125. The molecule has 0 heterocycles. The highest BCUT2D eigenvalue weighted by molar-refractivity contribution is 5.54. The number of rotatable bonds is 16. The Morgan fingerprint density at radius 2 is 0.816 bits per heavy atom. The molecule has 0 saturated carbocycles. The van der Waals surface area contributed by atoms with E-state index in [2.05, 4.69) is 164 Å². The number of phenolic OH excluding ortho intramolecular Hbond substituents is 2. The van der Waals surface area contributed by atoms with Gasteiger partial charge in [-0.25, -0.2) is 0 Å². The van der Waals surface area contributed by atoms with Crippen LogP contribution in [0.4, 0.5) is 0 Å². The molecule has 0 aliphatic carbocycles. The van der Waals surface area contributed by atoms with Crippen LogP contribution in [0.15, 0.2) is 84.9 Å². The van der Waals surface area contributed by atoms with Crippen molar-refractivity contribution in [1.29, 1.82) is 0 Å². The molecule has 4 rings (SSSR count). The summed E-state index contributed by atoms with van der Waals surface area (Å²) >= 11 is 0. The summed E-state index contributed by atoms with van der Waals surface area (Å²) in [7, 11) is 0. The summed E-state index contributed by atoms with van der Waals surface area (Å²) in [6, 6.07) is 31.5. The molecule has 4 nitrogen and oxygen atoms in total. The van der Waals surface area contributed by atoms with Gasteiger partial charge in [-0.15, -0.1) is 0 Å². The van der Waals surface area contributed by atoms with Crippen LogP contribution in [0, 0.1) is 13.8 Å². The normalized spacial score (nSPS) is 13.4. The lowest BCUT2D eigenvalue weighted by molar-refractivity contribution is 0.170. The first-order valence-electron chi connectivity index (χ1n) is 18.5. The molecule has 0 spiro atoms. The van der Waals surface area contributed by atoms with Gasteiger partial charge in [0.1, 0.15) is 11.5 Å². The van der Waals surface area contributed by atoms with Gasteiger partial charge in [-0.1, -0.05) is 96.1 Å². The highest BCUT2D eigenvalue weighted by Crippen LogP contribution is 2.41.